The molecule has 35 heavy (non-hydrogen) atoms. The number of fused-ring (bicyclic) bond motifs is 5. The van der Waals surface area contributed by atoms with E-state index in [1.54, 1.807) is 6.08 Å². The van der Waals surface area contributed by atoms with Gasteiger partial charge in [-0.1, -0.05) is 13.8 Å². The van der Waals surface area contributed by atoms with E-state index in [2.05, 4.69) is 20.8 Å². The van der Waals surface area contributed by atoms with Gasteiger partial charge in [0, 0.05) is 17.5 Å². The van der Waals surface area contributed by atoms with E-state index in [1.165, 1.54) is 19.3 Å². The topological polar surface area (TPSA) is 91.0 Å². The molecule has 4 aliphatic carbocycles. The van der Waals surface area contributed by atoms with Crippen LogP contribution < -0.4 is 5.73 Å². The van der Waals surface area contributed by atoms with Crippen LogP contribution in [0, 0.1) is 34.5 Å². The third-order valence-corrected chi connectivity index (χ3v) is 12.0. The number of hydrogen-bond donors (Lipinski definition) is 2. The lowest BCUT2D eigenvalue weighted by Crippen LogP contribution is -2.62. The minimum absolute atomic E-state index is 0.0651. The highest BCUT2D eigenvalue weighted by molar-refractivity contribution is 5.85. The summed E-state index contributed by atoms with van der Waals surface area (Å²) in [6.45, 7) is 7.30. The van der Waals surface area contributed by atoms with Crippen LogP contribution in [0.5, 0.6) is 0 Å². The molecule has 3 N–H and O–H groups in total. The van der Waals surface area contributed by atoms with Crippen molar-refractivity contribution in [3.05, 3.63) is 11.6 Å². The first kappa shape index (κ1) is 24.4. The number of hydrogen-bond acceptors (Lipinski definition) is 6. The van der Waals surface area contributed by atoms with Crippen molar-refractivity contribution in [2.75, 3.05) is 6.61 Å². The Bertz CT molecular complexity index is 890. The molecular weight excluding hydrogens is 442 g/mol. The number of esters is 1. The van der Waals surface area contributed by atoms with Crippen LogP contribution in [0.2, 0.25) is 0 Å². The predicted octanol–water partition coefficient (Wildman–Crippen LogP) is 4.48. The van der Waals surface area contributed by atoms with Gasteiger partial charge < -0.3 is 25.1 Å². The van der Waals surface area contributed by atoms with Crippen LogP contribution in [0.25, 0.3) is 0 Å². The average Bonchev–Trinajstić information content (AvgIpc) is 3.36. The van der Waals surface area contributed by atoms with Crippen LogP contribution in [-0.4, -0.2) is 47.8 Å². The van der Waals surface area contributed by atoms with Gasteiger partial charge in [-0.25, -0.2) is 4.79 Å². The second-order valence-electron chi connectivity index (χ2n) is 13.3. The summed E-state index contributed by atoms with van der Waals surface area (Å²) in [6.07, 6.45) is 13.5. The van der Waals surface area contributed by atoms with E-state index in [1.807, 2.05) is 0 Å². The zero-order valence-corrected chi connectivity index (χ0v) is 21.8. The van der Waals surface area contributed by atoms with Gasteiger partial charge in [0.2, 0.25) is 0 Å². The number of nitrogens with two attached hydrogens (primary N) is 1. The molecule has 6 nitrogen and oxygen atoms in total. The third-order valence-electron chi connectivity index (χ3n) is 12.0. The Hall–Kier alpha value is -0.950. The van der Waals surface area contributed by atoms with Crippen molar-refractivity contribution in [1.82, 2.24) is 0 Å². The first-order chi connectivity index (χ1) is 16.6. The molecule has 6 heteroatoms. The molecule has 2 heterocycles. The second-order valence-corrected chi connectivity index (χ2v) is 13.3. The van der Waals surface area contributed by atoms with Crippen LogP contribution in [0.1, 0.15) is 91.4 Å². The minimum atomic E-state index is -0.640. The van der Waals surface area contributed by atoms with Gasteiger partial charge in [0.05, 0.1) is 17.8 Å². The normalized spacial score (nSPS) is 53.9. The zero-order chi connectivity index (χ0) is 24.6. The zero-order valence-electron chi connectivity index (χ0n) is 21.8. The van der Waals surface area contributed by atoms with Crippen molar-refractivity contribution in [2.45, 2.75) is 122 Å². The molecule has 11 atom stereocenters. The molecule has 0 radical (unpaired) electrons. The molecule has 6 rings (SSSR count). The van der Waals surface area contributed by atoms with E-state index >= 15 is 0 Å². The van der Waals surface area contributed by atoms with E-state index in [-0.39, 0.29) is 47.3 Å². The van der Waals surface area contributed by atoms with Gasteiger partial charge in [-0.3, -0.25) is 0 Å². The lowest BCUT2D eigenvalue weighted by atomic mass is 9.43. The summed E-state index contributed by atoms with van der Waals surface area (Å²) in [5.74, 6) is 1.63. The quantitative estimate of drug-likeness (QED) is 0.451. The molecule has 5 fully saturated rings. The standard InChI is InChI=1S/C29H45NO5/c1-17-24(30)6-7-26(34-17)35-20-8-11-27(2)19(15-20)4-5-23-22(27)9-12-28(3)21(10-13-29(23,28)32)18-14-25(31)33-16-18/h14,17,19-24,26,32H,4-13,15-16,30H2,1-3H3/t17-,19+,20-,21+,22-,23+,24+,26-,27-,28+,29-/m0/s1. The van der Waals surface area contributed by atoms with Gasteiger partial charge in [0.25, 0.3) is 0 Å². The Kier molecular flexibility index (Phi) is 5.95. The number of carbonyl (C=O) groups excluding carboxylic acids is 1. The third kappa shape index (κ3) is 3.68. The average molecular weight is 488 g/mol. The van der Waals surface area contributed by atoms with Crippen molar-refractivity contribution in [2.24, 2.45) is 40.2 Å². The minimum Gasteiger partial charge on any atom is -0.458 e. The van der Waals surface area contributed by atoms with Crippen LogP contribution >= 0.6 is 0 Å². The second kappa shape index (κ2) is 8.54. The molecule has 0 spiro atoms. The highest BCUT2D eigenvalue weighted by Crippen LogP contribution is 2.70. The summed E-state index contributed by atoms with van der Waals surface area (Å²) in [5, 5.41) is 12.4. The summed E-state index contributed by atoms with van der Waals surface area (Å²) in [5.41, 5.74) is 6.71. The number of rotatable bonds is 3. The molecule has 2 aliphatic heterocycles. The van der Waals surface area contributed by atoms with E-state index in [4.69, 9.17) is 19.9 Å². The molecular formula is C29H45NO5. The summed E-state index contributed by atoms with van der Waals surface area (Å²) < 4.78 is 17.8. The highest BCUT2D eigenvalue weighted by Gasteiger charge is 2.67. The number of ether oxygens (including phenoxy) is 3. The predicted molar refractivity (Wildman–Crippen MR) is 132 cm³/mol. The van der Waals surface area contributed by atoms with Gasteiger partial charge in [-0.15, -0.1) is 0 Å². The van der Waals surface area contributed by atoms with E-state index < -0.39 is 5.60 Å². The van der Waals surface area contributed by atoms with Crippen molar-refractivity contribution >= 4 is 5.97 Å². The highest BCUT2D eigenvalue weighted by atomic mass is 16.7. The van der Waals surface area contributed by atoms with Gasteiger partial charge >= 0.3 is 5.97 Å². The summed E-state index contributed by atoms with van der Waals surface area (Å²) >= 11 is 0. The first-order valence-electron chi connectivity index (χ1n) is 14.3. The van der Waals surface area contributed by atoms with Gasteiger partial charge in [0.1, 0.15) is 6.61 Å². The molecule has 0 unspecified atom stereocenters. The molecule has 0 aromatic rings. The number of carbonyl (C=O) groups is 1. The summed E-state index contributed by atoms with van der Waals surface area (Å²) in [7, 11) is 0. The van der Waals surface area contributed by atoms with Gasteiger partial charge in [-0.05, 0) is 112 Å². The van der Waals surface area contributed by atoms with Crippen LogP contribution in [0.15, 0.2) is 11.6 Å². The Labute approximate surface area is 210 Å². The summed E-state index contributed by atoms with van der Waals surface area (Å²) in [4.78, 5) is 11.8. The maximum absolute atomic E-state index is 12.4. The van der Waals surface area contributed by atoms with Crippen molar-refractivity contribution < 1.29 is 24.1 Å². The lowest BCUT2D eigenvalue weighted by Gasteiger charge is -2.63. The van der Waals surface area contributed by atoms with E-state index in [0.717, 1.165) is 56.9 Å². The smallest absolute Gasteiger partial charge is 0.331 e. The maximum atomic E-state index is 12.4. The molecule has 1 saturated heterocycles. The fourth-order valence-corrected chi connectivity index (χ4v) is 9.78. The fraction of sp³-hybridized carbons (Fsp3) is 0.897. The SMILES string of the molecule is C[C@@H]1O[C@@H](O[C@H]2CC[C@@]3(C)[C@H](CC[C@@H]4[C@@H]3CC[C@]3(C)[C@@H](C5=CC(=O)OC5)CC[C@]43O)C2)CC[C@H]1N. The molecule has 4 saturated carbocycles. The lowest BCUT2D eigenvalue weighted by molar-refractivity contribution is -0.241. The van der Waals surface area contributed by atoms with Gasteiger partial charge in [0.15, 0.2) is 6.29 Å². The Morgan fingerprint density at radius 3 is 2.60 bits per heavy atom. The van der Waals surface area contributed by atoms with E-state index in [0.29, 0.717) is 24.4 Å². The molecule has 0 aromatic carbocycles. The number of aliphatic hydroxyl groups is 1. The van der Waals surface area contributed by atoms with E-state index in [9.17, 15) is 9.90 Å². The van der Waals surface area contributed by atoms with Crippen molar-refractivity contribution in [1.29, 1.82) is 0 Å². The molecule has 0 amide bonds. The van der Waals surface area contributed by atoms with Crippen molar-refractivity contribution in [3.63, 3.8) is 0 Å². The fourth-order valence-electron chi connectivity index (χ4n) is 9.78. The molecule has 196 valence electrons. The van der Waals surface area contributed by atoms with Crippen LogP contribution in [0.3, 0.4) is 0 Å². The maximum Gasteiger partial charge on any atom is 0.331 e. The molecule has 6 aliphatic rings. The Morgan fingerprint density at radius 1 is 1.03 bits per heavy atom. The first-order valence-corrected chi connectivity index (χ1v) is 14.3. The van der Waals surface area contributed by atoms with Crippen LogP contribution in [-0.2, 0) is 19.0 Å². The largest absolute Gasteiger partial charge is 0.458 e. The molecule has 0 bridgehead atoms. The van der Waals surface area contributed by atoms with Crippen molar-refractivity contribution in [3.8, 4) is 0 Å². The monoisotopic (exact) mass is 487 g/mol. The van der Waals surface area contributed by atoms with Crippen LogP contribution in [0.4, 0.5) is 0 Å². The van der Waals surface area contributed by atoms with Gasteiger partial charge in [-0.2, -0.15) is 0 Å². The number of cyclic esters (lactones) is 1. The summed E-state index contributed by atoms with van der Waals surface area (Å²) in [6, 6.07) is 0.121. The Morgan fingerprint density at radius 2 is 1.86 bits per heavy atom. The Balaban J connectivity index is 1.16. The molecule has 0 aromatic heterocycles.